The van der Waals surface area contributed by atoms with Crippen LogP contribution in [-0.2, 0) is 9.53 Å². The molecule has 26 heavy (non-hydrogen) atoms. The number of benzene rings is 1. The van der Waals surface area contributed by atoms with Crippen LogP contribution in [0.15, 0.2) is 29.0 Å². The fourth-order valence-electron chi connectivity index (χ4n) is 4.88. The quantitative estimate of drug-likeness (QED) is 0.788. The van der Waals surface area contributed by atoms with Crippen LogP contribution in [0.4, 0.5) is 0 Å². The van der Waals surface area contributed by atoms with Crippen molar-refractivity contribution in [2.75, 3.05) is 13.2 Å². The van der Waals surface area contributed by atoms with Gasteiger partial charge in [-0.1, -0.05) is 20.8 Å². The number of nitrogens with zero attached hydrogens (tertiary/aromatic N) is 2. The zero-order valence-electron chi connectivity index (χ0n) is 15.4. The Morgan fingerprint density at radius 2 is 2.15 bits per heavy atom. The van der Waals surface area contributed by atoms with Gasteiger partial charge in [-0.3, -0.25) is 4.79 Å². The van der Waals surface area contributed by atoms with E-state index in [1.807, 2.05) is 4.90 Å². The van der Waals surface area contributed by atoms with Crippen LogP contribution in [0.25, 0.3) is 11.1 Å². The molecule has 4 rings (SSSR count). The lowest BCUT2D eigenvalue weighted by Gasteiger charge is -2.40. The van der Waals surface area contributed by atoms with Crippen LogP contribution >= 0.6 is 0 Å². The number of carbonyl (C=O) groups is 2. The molecule has 0 N–H and O–H groups in total. The molecular formula is C20H24N2O4. The molecule has 1 saturated heterocycles. The molecule has 2 heterocycles. The minimum atomic E-state index is -0.518. The molecule has 6 heteroatoms. The van der Waals surface area contributed by atoms with Crippen LogP contribution in [-0.4, -0.2) is 41.0 Å². The number of aromatic nitrogens is 1. The van der Waals surface area contributed by atoms with Gasteiger partial charge in [0, 0.05) is 12.6 Å². The lowest BCUT2D eigenvalue weighted by Crippen LogP contribution is -2.49. The number of fused-ring (bicyclic) bond motifs is 3. The van der Waals surface area contributed by atoms with E-state index < -0.39 is 5.97 Å². The minimum absolute atomic E-state index is 0.100. The molecule has 0 spiro atoms. The summed E-state index contributed by atoms with van der Waals surface area (Å²) < 4.78 is 10.4. The molecule has 2 fully saturated rings. The summed E-state index contributed by atoms with van der Waals surface area (Å²) in [5, 5.41) is 0. The second kappa shape index (κ2) is 5.83. The summed E-state index contributed by atoms with van der Waals surface area (Å²) in [5.41, 5.74) is 2.00. The number of amides is 1. The fourth-order valence-corrected chi connectivity index (χ4v) is 4.88. The molecule has 2 bridgehead atoms. The van der Waals surface area contributed by atoms with Crippen molar-refractivity contribution in [3.8, 4) is 0 Å². The number of oxazole rings is 1. The van der Waals surface area contributed by atoms with Gasteiger partial charge in [0.25, 0.3) is 5.91 Å². The zero-order chi connectivity index (χ0) is 18.5. The van der Waals surface area contributed by atoms with Gasteiger partial charge < -0.3 is 14.1 Å². The van der Waals surface area contributed by atoms with Gasteiger partial charge in [-0.05, 0) is 48.3 Å². The van der Waals surface area contributed by atoms with E-state index in [-0.39, 0.29) is 24.0 Å². The van der Waals surface area contributed by atoms with Gasteiger partial charge in [-0.15, -0.1) is 0 Å². The number of piperidine rings is 1. The van der Waals surface area contributed by atoms with Crippen LogP contribution in [0.1, 0.15) is 50.4 Å². The maximum Gasteiger partial charge on any atom is 0.338 e. The van der Waals surface area contributed by atoms with E-state index in [2.05, 4.69) is 25.8 Å². The minimum Gasteiger partial charge on any atom is -0.452 e. The molecule has 2 unspecified atom stereocenters. The largest absolute Gasteiger partial charge is 0.452 e. The van der Waals surface area contributed by atoms with Crippen LogP contribution < -0.4 is 0 Å². The van der Waals surface area contributed by atoms with E-state index in [1.54, 1.807) is 18.2 Å². The topological polar surface area (TPSA) is 72.6 Å². The van der Waals surface area contributed by atoms with Gasteiger partial charge in [0.2, 0.25) is 0 Å². The van der Waals surface area contributed by atoms with E-state index in [0.29, 0.717) is 22.1 Å². The van der Waals surface area contributed by atoms with Crippen molar-refractivity contribution >= 4 is 23.0 Å². The predicted molar refractivity (Wildman–Crippen MR) is 95.5 cm³/mol. The second-order valence-electron chi connectivity index (χ2n) is 8.64. The van der Waals surface area contributed by atoms with Crippen molar-refractivity contribution in [3.05, 3.63) is 30.2 Å². The highest BCUT2D eigenvalue weighted by Crippen LogP contribution is 2.55. The lowest BCUT2D eigenvalue weighted by atomic mass is 9.81. The molecule has 1 amide bonds. The Morgan fingerprint density at radius 3 is 2.96 bits per heavy atom. The molecule has 0 radical (unpaired) electrons. The average Bonchev–Trinajstić information content (AvgIpc) is 3.12. The Hall–Kier alpha value is -2.37. The Morgan fingerprint density at radius 1 is 1.35 bits per heavy atom. The third-order valence-corrected chi connectivity index (χ3v) is 6.02. The Kier molecular flexibility index (Phi) is 3.82. The summed E-state index contributed by atoms with van der Waals surface area (Å²) in [7, 11) is 0. The molecule has 1 aromatic carbocycles. The highest BCUT2D eigenvalue weighted by atomic mass is 16.5. The Labute approximate surface area is 152 Å². The molecule has 2 aromatic rings. The maximum atomic E-state index is 12.7. The smallest absolute Gasteiger partial charge is 0.338 e. The van der Waals surface area contributed by atoms with E-state index in [4.69, 9.17) is 9.15 Å². The van der Waals surface area contributed by atoms with Gasteiger partial charge in [-0.2, -0.15) is 0 Å². The van der Waals surface area contributed by atoms with Gasteiger partial charge >= 0.3 is 5.97 Å². The van der Waals surface area contributed by atoms with Crippen molar-refractivity contribution in [1.29, 1.82) is 0 Å². The summed E-state index contributed by atoms with van der Waals surface area (Å²) in [6.45, 7) is 7.29. The van der Waals surface area contributed by atoms with Gasteiger partial charge in [0.05, 0.1) is 5.56 Å². The van der Waals surface area contributed by atoms with E-state index >= 15 is 0 Å². The molecule has 1 aliphatic carbocycles. The lowest BCUT2D eigenvalue weighted by molar-refractivity contribution is -0.140. The monoisotopic (exact) mass is 356 g/mol. The van der Waals surface area contributed by atoms with Crippen LogP contribution in [0.2, 0.25) is 0 Å². The third-order valence-electron chi connectivity index (χ3n) is 6.02. The predicted octanol–water partition coefficient (Wildman–Crippen LogP) is 3.41. The molecule has 138 valence electrons. The van der Waals surface area contributed by atoms with Crippen LogP contribution in [0.5, 0.6) is 0 Å². The highest BCUT2D eigenvalue weighted by Gasteiger charge is 2.53. The molecule has 1 saturated carbocycles. The standard InChI is InChI=1S/C20H24N2O4/c1-19(2)11-20(3)6-7-22(16(19)9-20)17(23)10-25-18(24)13-4-5-15-14(8-13)21-12-26-15/h4-5,8,12,16H,6-7,9-11H2,1-3H3. The molecular weight excluding hydrogens is 332 g/mol. The van der Waals surface area contributed by atoms with Crippen LogP contribution in [0, 0.1) is 10.8 Å². The van der Waals surface area contributed by atoms with Crippen molar-refractivity contribution in [1.82, 2.24) is 9.88 Å². The number of esters is 1. The summed E-state index contributed by atoms with van der Waals surface area (Å²) in [6, 6.07) is 5.12. The molecule has 1 aliphatic heterocycles. The highest BCUT2D eigenvalue weighted by molar-refractivity contribution is 5.94. The summed E-state index contributed by atoms with van der Waals surface area (Å²) in [6.07, 6.45) is 4.50. The molecule has 2 aliphatic rings. The third kappa shape index (κ3) is 2.87. The van der Waals surface area contributed by atoms with E-state index in [1.165, 1.54) is 6.39 Å². The first-order valence-electron chi connectivity index (χ1n) is 9.07. The van der Waals surface area contributed by atoms with E-state index in [9.17, 15) is 9.59 Å². The first-order chi connectivity index (χ1) is 12.3. The van der Waals surface area contributed by atoms with Crippen molar-refractivity contribution < 1.29 is 18.7 Å². The van der Waals surface area contributed by atoms with Gasteiger partial charge in [0.1, 0.15) is 5.52 Å². The summed E-state index contributed by atoms with van der Waals surface area (Å²) in [5.74, 6) is -0.626. The van der Waals surface area contributed by atoms with Crippen molar-refractivity contribution in [2.24, 2.45) is 10.8 Å². The van der Waals surface area contributed by atoms with Gasteiger partial charge in [-0.25, -0.2) is 9.78 Å². The number of rotatable bonds is 3. The normalized spacial score (nSPS) is 26.9. The molecule has 6 nitrogen and oxygen atoms in total. The Bertz CT molecular complexity index is 872. The second-order valence-corrected chi connectivity index (χ2v) is 8.64. The number of ether oxygens (including phenoxy) is 1. The van der Waals surface area contributed by atoms with E-state index in [0.717, 1.165) is 25.8 Å². The van der Waals surface area contributed by atoms with Gasteiger partial charge in [0.15, 0.2) is 18.6 Å². The van der Waals surface area contributed by atoms with Crippen molar-refractivity contribution in [3.63, 3.8) is 0 Å². The maximum absolute atomic E-state index is 12.7. The van der Waals surface area contributed by atoms with Crippen molar-refractivity contribution in [2.45, 2.75) is 46.1 Å². The van der Waals surface area contributed by atoms with Crippen LogP contribution in [0.3, 0.4) is 0 Å². The zero-order valence-corrected chi connectivity index (χ0v) is 15.4. The first kappa shape index (κ1) is 17.1. The molecule has 1 aromatic heterocycles. The summed E-state index contributed by atoms with van der Waals surface area (Å²) in [4.78, 5) is 30.9. The SMILES string of the molecule is CC12CCN(C(=O)COC(=O)c3ccc4ocnc4c3)C(C1)C(C)(C)C2. The summed E-state index contributed by atoms with van der Waals surface area (Å²) >= 11 is 0. The number of hydrogen-bond donors (Lipinski definition) is 0. The number of carbonyl (C=O) groups excluding carboxylic acids is 2. The molecule has 2 atom stereocenters. The number of likely N-dealkylation sites (tertiary alicyclic amines) is 1. The first-order valence-corrected chi connectivity index (χ1v) is 9.07. The number of hydrogen-bond acceptors (Lipinski definition) is 5. The Balaban J connectivity index is 1.41. The average molecular weight is 356 g/mol. The fraction of sp³-hybridized carbons (Fsp3) is 0.550.